The van der Waals surface area contributed by atoms with E-state index in [1.165, 1.54) is 24.8 Å². The van der Waals surface area contributed by atoms with Crippen LogP contribution in [0.1, 0.15) is 6.92 Å². The highest BCUT2D eigenvalue weighted by Crippen LogP contribution is 2.34. The summed E-state index contributed by atoms with van der Waals surface area (Å²) in [5.74, 6) is 0.271. The fourth-order valence-corrected chi connectivity index (χ4v) is 2.64. The number of benzene rings is 1. The van der Waals surface area contributed by atoms with Gasteiger partial charge < -0.3 is 0 Å². The molecular formula is C12H10ClNO2S. The molecule has 0 bridgehead atoms. The van der Waals surface area contributed by atoms with Crippen molar-refractivity contribution in [3.05, 3.63) is 40.4 Å². The van der Waals surface area contributed by atoms with E-state index in [1.54, 1.807) is 29.2 Å². The Balaban J connectivity index is 2.37. The van der Waals surface area contributed by atoms with Gasteiger partial charge in [0, 0.05) is 16.8 Å². The molecule has 0 aromatic heterocycles. The zero-order valence-electron chi connectivity index (χ0n) is 9.14. The van der Waals surface area contributed by atoms with Gasteiger partial charge in [0.2, 0.25) is 5.91 Å². The molecule has 1 heterocycles. The number of hydrogen-bond acceptors (Lipinski definition) is 3. The van der Waals surface area contributed by atoms with Crippen LogP contribution in [0.3, 0.4) is 0 Å². The number of hydrogen-bond donors (Lipinski definition) is 0. The molecule has 17 heavy (non-hydrogen) atoms. The van der Waals surface area contributed by atoms with E-state index in [9.17, 15) is 9.59 Å². The SMILES string of the molecule is CC(=O)C=C1SCC(=O)N1c1ccc(Cl)cc1. The topological polar surface area (TPSA) is 37.4 Å². The second-order valence-electron chi connectivity index (χ2n) is 3.59. The first-order chi connectivity index (χ1) is 8.08. The molecule has 1 saturated heterocycles. The molecule has 0 aliphatic carbocycles. The van der Waals surface area contributed by atoms with Crippen LogP contribution in [0.5, 0.6) is 0 Å². The van der Waals surface area contributed by atoms with Crippen LogP contribution in [-0.2, 0) is 9.59 Å². The summed E-state index contributed by atoms with van der Waals surface area (Å²) in [6.07, 6.45) is 1.48. The van der Waals surface area contributed by atoms with Crippen molar-refractivity contribution < 1.29 is 9.59 Å². The lowest BCUT2D eigenvalue weighted by atomic mass is 10.3. The second-order valence-corrected chi connectivity index (χ2v) is 5.02. The van der Waals surface area contributed by atoms with Gasteiger partial charge in [-0.2, -0.15) is 0 Å². The lowest BCUT2D eigenvalue weighted by Crippen LogP contribution is -2.23. The Morgan fingerprint density at radius 1 is 1.41 bits per heavy atom. The van der Waals surface area contributed by atoms with E-state index in [4.69, 9.17) is 11.6 Å². The third-order valence-corrected chi connectivity index (χ3v) is 3.46. The van der Waals surface area contributed by atoms with Crippen LogP contribution in [0.25, 0.3) is 0 Å². The van der Waals surface area contributed by atoms with Crippen molar-refractivity contribution in [3.63, 3.8) is 0 Å². The van der Waals surface area contributed by atoms with Gasteiger partial charge in [-0.15, -0.1) is 0 Å². The van der Waals surface area contributed by atoms with E-state index in [1.807, 2.05) is 0 Å². The van der Waals surface area contributed by atoms with E-state index in [0.29, 0.717) is 15.8 Å². The first kappa shape index (κ1) is 12.2. The number of allylic oxidation sites excluding steroid dienone is 1. The highest BCUT2D eigenvalue weighted by Gasteiger charge is 2.28. The highest BCUT2D eigenvalue weighted by molar-refractivity contribution is 8.04. The van der Waals surface area contributed by atoms with Gasteiger partial charge >= 0.3 is 0 Å². The largest absolute Gasteiger partial charge is 0.295 e. The number of rotatable bonds is 2. The van der Waals surface area contributed by atoms with E-state index in [0.717, 1.165) is 5.69 Å². The van der Waals surface area contributed by atoms with Gasteiger partial charge in [0.1, 0.15) is 0 Å². The van der Waals surface area contributed by atoms with Crippen LogP contribution < -0.4 is 4.90 Å². The summed E-state index contributed by atoms with van der Waals surface area (Å²) in [5.41, 5.74) is 0.733. The highest BCUT2D eigenvalue weighted by atomic mass is 35.5. The zero-order valence-corrected chi connectivity index (χ0v) is 10.7. The second kappa shape index (κ2) is 4.94. The number of nitrogens with zero attached hydrogens (tertiary/aromatic N) is 1. The maximum Gasteiger partial charge on any atom is 0.242 e. The van der Waals surface area contributed by atoms with Crippen molar-refractivity contribution in [2.75, 3.05) is 10.7 Å². The molecule has 0 radical (unpaired) electrons. The van der Waals surface area contributed by atoms with Gasteiger partial charge in [0.25, 0.3) is 0 Å². The quantitative estimate of drug-likeness (QED) is 0.774. The Hall–Kier alpha value is -1.26. The molecule has 0 spiro atoms. The molecule has 3 nitrogen and oxygen atoms in total. The Morgan fingerprint density at radius 2 is 2.06 bits per heavy atom. The zero-order chi connectivity index (χ0) is 12.4. The van der Waals surface area contributed by atoms with Gasteiger partial charge in [0.15, 0.2) is 5.78 Å². The fourth-order valence-electron chi connectivity index (χ4n) is 1.53. The normalized spacial score (nSPS) is 17.9. The lowest BCUT2D eigenvalue weighted by Gasteiger charge is -2.16. The first-order valence-electron chi connectivity index (χ1n) is 5.01. The Labute approximate surface area is 108 Å². The van der Waals surface area contributed by atoms with Crippen LogP contribution in [0.15, 0.2) is 35.4 Å². The number of halogens is 1. The summed E-state index contributed by atoms with van der Waals surface area (Å²) in [6.45, 7) is 1.47. The van der Waals surface area contributed by atoms with Gasteiger partial charge in [-0.25, -0.2) is 0 Å². The van der Waals surface area contributed by atoms with Crippen molar-refractivity contribution in [3.8, 4) is 0 Å². The third kappa shape index (κ3) is 2.70. The lowest BCUT2D eigenvalue weighted by molar-refractivity contribution is -0.115. The molecule has 1 aromatic rings. The van der Waals surface area contributed by atoms with Crippen molar-refractivity contribution in [1.29, 1.82) is 0 Å². The van der Waals surface area contributed by atoms with Crippen LogP contribution in [0, 0.1) is 0 Å². The molecule has 1 aliphatic rings. The van der Waals surface area contributed by atoms with Crippen molar-refractivity contribution in [2.45, 2.75) is 6.92 Å². The minimum atomic E-state index is -0.0684. The Kier molecular flexibility index (Phi) is 3.54. The molecule has 0 unspecified atom stereocenters. The average Bonchev–Trinajstić information content (AvgIpc) is 2.61. The molecule has 2 rings (SSSR count). The van der Waals surface area contributed by atoms with Gasteiger partial charge in [-0.1, -0.05) is 23.4 Å². The van der Waals surface area contributed by atoms with E-state index in [-0.39, 0.29) is 11.7 Å². The Morgan fingerprint density at radius 3 is 2.65 bits per heavy atom. The molecule has 0 atom stereocenters. The average molecular weight is 268 g/mol. The van der Waals surface area contributed by atoms with Gasteiger partial charge in [0.05, 0.1) is 10.8 Å². The van der Waals surface area contributed by atoms with Crippen molar-refractivity contribution in [1.82, 2.24) is 0 Å². The third-order valence-electron chi connectivity index (χ3n) is 2.22. The standard InChI is InChI=1S/C12H10ClNO2S/c1-8(15)6-12-14(11(16)7-17-12)10-4-2-9(13)3-5-10/h2-6H,7H2,1H3. The van der Waals surface area contributed by atoms with E-state index < -0.39 is 0 Å². The maximum absolute atomic E-state index is 11.8. The van der Waals surface area contributed by atoms with Crippen LogP contribution >= 0.6 is 23.4 Å². The van der Waals surface area contributed by atoms with Gasteiger partial charge in [-0.05, 0) is 31.2 Å². The number of anilines is 1. The predicted molar refractivity (Wildman–Crippen MR) is 70.2 cm³/mol. The van der Waals surface area contributed by atoms with Crippen LogP contribution in [-0.4, -0.2) is 17.4 Å². The molecule has 0 saturated carbocycles. The summed E-state index contributed by atoms with van der Waals surface area (Å²) < 4.78 is 0. The molecule has 0 N–H and O–H groups in total. The molecule has 1 fully saturated rings. The van der Waals surface area contributed by atoms with Crippen molar-refractivity contribution >= 4 is 40.7 Å². The van der Waals surface area contributed by atoms with Crippen molar-refractivity contribution in [2.24, 2.45) is 0 Å². The summed E-state index contributed by atoms with van der Waals surface area (Å²) >= 11 is 7.17. The minimum Gasteiger partial charge on any atom is -0.295 e. The molecule has 1 aliphatic heterocycles. The summed E-state index contributed by atoms with van der Waals surface area (Å²) in [6, 6.07) is 6.97. The van der Waals surface area contributed by atoms with E-state index >= 15 is 0 Å². The number of amides is 1. The van der Waals surface area contributed by atoms with Gasteiger partial charge in [-0.3, -0.25) is 14.5 Å². The van der Waals surface area contributed by atoms with Crippen LogP contribution in [0.4, 0.5) is 5.69 Å². The minimum absolute atomic E-state index is 0.0233. The molecule has 5 heteroatoms. The predicted octanol–water partition coefficient (Wildman–Crippen LogP) is 2.85. The summed E-state index contributed by atoms with van der Waals surface area (Å²) in [5, 5.41) is 1.29. The number of carbonyl (C=O) groups is 2. The monoisotopic (exact) mass is 267 g/mol. The summed E-state index contributed by atoms with van der Waals surface area (Å²) in [7, 11) is 0. The molecule has 1 aromatic carbocycles. The number of ketones is 1. The Bertz CT molecular complexity index is 496. The smallest absolute Gasteiger partial charge is 0.242 e. The number of carbonyl (C=O) groups excluding carboxylic acids is 2. The van der Waals surface area contributed by atoms with Crippen LogP contribution in [0.2, 0.25) is 5.02 Å². The first-order valence-corrected chi connectivity index (χ1v) is 6.38. The number of thioether (sulfide) groups is 1. The molecule has 1 amide bonds. The summed E-state index contributed by atoms with van der Waals surface area (Å²) in [4.78, 5) is 24.4. The fraction of sp³-hybridized carbons (Fsp3) is 0.167. The van der Waals surface area contributed by atoms with E-state index in [2.05, 4.69) is 0 Å². The molecule has 88 valence electrons. The maximum atomic E-state index is 11.8. The molecular weight excluding hydrogens is 258 g/mol.